The highest BCUT2D eigenvalue weighted by Gasteiger charge is 2.07. The molecule has 0 unspecified atom stereocenters. The molecule has 1 rings (SSSR count). The maximum atomic E-state index is 10.8. The smallest absolute Gasteiger partial charge is 0.336 e. The van der Waals surface area contributed by atoms with Crippen LogP contribution in [0.3, 0.4) is 0 Å². The number of carboxylic acids is 1. The van der Waals surface area contributed by atoms with E-state index in [-0.39, 0.29) is 12.4 Å². The van der Waals surface area contributed by atoms with Gasteiger partial charge in [-0.1, -0.05) is 19.4 Å². The second kappa shape index (κ2) is 7.12. The quantitative estimate of drug-likeness (QED) is 0.809. The van der Waals surface area contributed by atoms with Gasteiger partial charge in [0.15, 0.2) is 0 Å². The summed E-state index contributed by atoms with van der Waals surface area (Å²) < 4.78 is 5.43. The van der Waals surface area contributed by atoms with Crippen LogP contribution in [-0.4, -0.2) is 17.7 Å². The van der Waals surface area contributed by atoms with Crippen LogP contribution in [0.25, 0.3) is 0 Å². The summed E-state index contributed by atoms with van der Waals surface area (Å²) in [5.74, 6) is -0.278. The number of benzene rings is 1. The highest BCUT2D eigenvalue weighted by Crippen LogP contribution is 2.17. The van der Waals surface area contributed by atoms with Gasteiger partial charge in [-0.05, 0) is 31.0 Å². The Hall–Kier alpha value is -1.22. The number of aryl methyl sites for hydroxylation is 1. The number of unbranched alkanes of at least 4 members (excludes halogenated alkanes) is 1. The summed E-state index contributed by atoms with van der Waals surface area (Å²) in [7, 11) is 0. The molecule has 0 aliphatic carbocycles. The van der Waals surface area contributed by atoms with Gasteiger partial charge in [-0.2, -0.15) is 0 Å². The van der Waals surface area contributed by atoms with Crippen LogP contribution in [-0.2, 0) is 0 Å². The number of hydrogen-bond acceptors (Lipinski definition) is 2. The molecule has 1 N–H and O–H groups in total. The highest BCUT2D eigenvalue weighted by molar-refractivity contribution is 5.89. The van der Waals surface area contributed by atoms with E-state index in [1.54, 1.807) is 25.1 Å². The standard InChI is InChI=1S/C12H16O3.ClH/c1-3-4-7-15-10-6-5-9(2)11(8-10)12(13)14;/h5-6,8H,3-4,7H2,1-2H3,(H,13,14);1H. The van der Waals surface area contributed by atoms with Crippen molar-refractivity contribution >= 4 is 18.4 Å². The van der Waals surface area contributed by atoms with Gasteiger partial charge in [-0.15, -0.1) is 12.4 Å². The van der Waals surface area contributed by atoms with Gasteiger partial charge in [0.25, 0.3) is 0 Å². The average Bonchev–Trinajstić information content (AvgIpc) is 2.20. The predicted octanol–water partition coefficient (Wildman–Crippen LogP) is 3.29. The molecule has 4 heteroatoms. The molecule has 0 heterocycles. The fraction of sp³-hybridized carbons (Fsp3) is 0.417. The molecule has 0 aromatic heterocycles. The van der Waals surface area contributed by atoms with E-state index in [9.17, 15) is 4.79 Å². The predicted molar refractivity (Wildman–Crippen MR) is 65.8 cm³/mol. The lowest BCUT2D eigenvalue weighted by Gasteiger charge is -2.07. The second-order valence-electron chi connectivity index (χ2n) is 3.48. The van der Waals surface area contributed by atoms with Gasteiger partial charge < -0.3 is 9.84 Å². The van der Waals surface area contributed by atoms with Crippen molar-refractivity contribution in [1.29, 1.82) is 0 Å². The van der Waals surface area contributed by atoms with E-state index < -0.39 is 5.97 Å². The number of carbonyl (C=O) groups is 1. The lowest BCUT2D eigenvalue weighted by atomic mass is 10.1. The molecule has 3 nitrogen and oxygen atoms in total. The van der Waals surface area contributed by atoms with Crippen molar-refractivity contribution in [1.82, 2.24) is 0 Å². The first kappa shape index (κ1) is 14.8. The topological polar surface area (TPSA) is 46.5 Å². The molecule has 0 radical (unpaired) electrons. The van der Waals surface area contributed by atoms with Crippen molar-refractivity contribution in [3.63, 3.8) is 0 Å². The molecule has 90 valence electrons. The van der Waals surface area contributed by atoms with Crippen molar-refractivity contribution in [2.45, 2.75) is 26.7 Å². The minimum absolute atomic E-state index is 0. The third-order valence-corrected chi connectivity index (χ3v) is 2.21. The van der Waals surface area contributed by atoms with Crippen molar-refractivity contribution in [3.8, 4) is 5.75 Å². The van der Waals surface area contributed by atoms with E-state index in [0.717, 1.165) is 18.4 Å². The van der Waals surface area contributed by atoms with E-state index in [2.05, 4.69) is 6.92 Å². The Bertz CT molecular complexity index is 350. The molecule has 0 fully saturated rings. The Kier molecular flexibility index (Phi) is 6.58. The first-order valence-corrected chi connectivity index (χ1v) is 5.12. The molecule has 1 aromatic carbocycles. The minimum Gasteiger partial charge on any atom is -0.494 e. The van der Waals surface area contributed by atoms with Crippen molar-refractivity contribution in [3.05, 3.63) is 29.3 Å². The van der Waals surface area contributed by atoms with Gasteiger partial charge in [0.1, 0.15) is 5.75 Å². The number of halogens is 1. The summed E-state index contributed by atoms with van der Waals surface area (Å²) in [6.07, 6.45) is 2.05. The maximum Gasteiger partial charge on any atom is 0.336 e. The fourth-order valence-corrected chi connectivity index (χ4v) is 1.26. The molecule has 0 amide bonds. The van der Waals surface area contributed by atoms with Crippen LogP contribution < -0.4 is 4.74 Å². The molecule has 1 aromatic rings. The summed E-state index contributed by atoms with van der Waals surface area (Å²) in [6.45, 7) is 4.50. The van der Waals surface area contributed by atoms with Gasteiger partial charge >= 0.3 is 5.97 Å². The Morgan fingerprint density at radius 1 is 1.44 bits per heavy atom. The van der Waals surface area contributed by atoms with Crippen LogP contribution in [0.2, 0.25) is 0 Å². The van der Waals surface area contributed by atoms with E-state index in [1.807, 2.05) is 0 Å². The van der Waals surface area contributed by atoms with Crippen molar-refractivity contribution in [2.75, 3.05) is 6.61 Å². The van der Waals surface area contributed by atoms with Crippen LogP contribution in [0.4, 0.5) is 0 Å². The summed E-state index contributed by atoms with van der Waals surface area (Å²) in [5.41, 5.74) is 1.06. The van der Waals surface area contributed by atoms with Crippen molar-refractivity contribution < 1.29 is 14.6 Å². The van der Waals surface area contributed by atoms with Gasteiger partial charge in [-0.25, -0.2) is 4.79 Å². The Balaban J connectivity index is 0.00000225. The van der Waals surface area contributed by atoms with Gasteiger partial charge in [0.2, 0.25) is 0 Å². The monoisotopic (exact) mass is 244 g/mol. The third kappa shape index (κ3) is 4.11. The molecule has 0 aliphatic heterocycles. The number of ether oxygens (including phenoxy) is 1. The first-order chi connectivity index (χ1) is 7.15. The molecule has 16 heavy (non-hydrogen) atoms. The number of hydrogen-bond donors (Lipinski definition) is 1. The lowest BCUT2D eigenvalue weighted by molar-refractivity contribution is 0.0695. The normalized spacial score (nSPS) is 9.38. The average molecular weight is 245 g/mol. The number of aromatic carboxylic acids is 1. The fourth-order valence-electron chi connectivity index (χ4n) is 1.26. The van der Waals surface area contributed by atoms with Crippen molar-refractivity contribution in [2.24, 2.45) is 0 Å². The second-order valence-corrected chi connectivity index (χ2v) is 3.48. The molecular formula is C12H17ClO3. The van der Waals surface area contributed by atoms with Gasteiger partial charge in [0.05, 0.1) is 12.2 Å². The molecule has 0 spiro atoms. The largest absolute Gasteiger partial charge is 0.494 e. The van der Waals surface area contributed by atoms with Crippen LogP contribution in [0.15, 0.2) is 18.2 Å². The first-order valence-electron chi connectivity index (χ1n) is 5.12. The Morgan fingerprint density at radius 3 is 2.69 bits per heavy atom. The Morgan fingerprint density at radius 2 is 2.12 bits per heavy atom. The zero-order chi connectivity index (χ0) is 11.3. The molecule has 0 aliphatic rings. The SMILES string of the molecule is CCCCOc1ccc(C)c(C(=O)O)c1.Cl. The summed E-state index contributed by atoms with van der Waals surface area (Å²) >= 11 is 0. The van der Waals surface area contributed by atoms with Crippen LogP contribution in [0.5, 0.6) is 5.75 Å². The van der Waals surface area contributed by atoms with Gasteiger partial charge in [-0.3, -0.25) is 0 Å². The van der Waals surface area contributed by atoms with Crippen LogP contribution >= 0.6 is 12.4 Å². The summed E-state index contributed by atoms with van der Waals surface area (Å²) in [4.78, 5) is 10.8. The van der Waals surface area contributed by atoms with E-state index in [0.29, 0.717) is 17.9 Å². The zero-order valence-electron chi connectivity index (χ0n) is 9.53. The highest BCUT2D eigenvalue weighted by atomic mass is 35.5. The lowest BCUT2D eigenvalue weighted by Crippen LogP contribution is -2.02. The summed E-state index contributed by atoms with van der Waals surface area (Å²) in [6, 6.07) is 5.15. The maximum absolute atomic E-state index is 10.8. The molecule has 0 saturated heterocycles. The molecule has 0 saturated carbocycles. The van der Waals surface area contributed by atoms with E-state index in [1.165, 1.54) is 0 Å². The zero-order valence-corrected chi connectivity index (χ0v) is 10.3. The molecule has 0 atom stereocenters. The van der Waals surface area contributed by atoms with Crippen LogP contribution in [0, 0.1) is 6.92 Å². The number of carboxylic acid groups (broad SMARTS) is 1. The number of rotatable bonds is 5. The molecule has 0 bridgehead atoms. The molecular weight excluding hydrogens is 228 g/mol. The minimum atomic E-state index is -0.909. The van der Waals surface area contributed by atoms with E-state index >= 15 is 0 Å². The van der Waals surface area contributed by atoms with Crippen LogP contribution in [0.1, 0.15) is 35.7 Å². The van der Waals surface area contributed by atoms with E-state index in [4.69, 9.17) is 9.84 Å². The summed E-state index contributed by atoms with van der Waals surface area (Å²) in [5, 5.41) is 8.91. The van der Waals surface area contributed by atoms with Gasteiger partial charge in [0, 0.05) is 0 Å². The Labute approximate surface area is 102 Å². The third-order valence-electron chi connectivity index (χ3n) is 2.21.